The lowest BCUT2D eigenvalue weighted by atomic mass is 10.3. The molecule has 0 aliphatic rings. The van der Waals surface area contributed by atoms with Crippen molar-refractivity contribution in [2.24, 2.45) is 0 Å². The van der Waals surface area contributed by atoms with Crippen LogP contribution in [0.2, 0.25) is 5.02 Å². The summed E-state index contributed by atoms with van der Waals surface area (Å²) in [5, 5.41) is 2.92. The number of aryl methyl sites for hydroxylation is 1. The number of ether oxygens (including phenoxy) is 1. The smallest absolute Gasteiger partial charge is 0.243 e. The predicted octanol–water partition coefficient (Wildman–Crippen LogP) is 1.76. The summed E-state index contributed by atoms with van der Waals surface area (Å²) in [6.45, 7) is 3.12. The summed E-state index contributed by atoms with van der Waals surface area (Å²) in [5.41, 5.74) is 0. The number of rotatable bonds is 10. The highest BCUT2D eigenvalue weighted by Crippen LogP contribution is 2.28. The number of nitrogens with zero attached hydrogens (tertiary/aromatic N) is 3. The summed E-state index contributed by atoms with van der Waals surface area (Å²) < 4.78 is 33.4. The monoisotopic (exact) mass is 414 g/mol. The van der Waals surface area contributed by atoms with Gasteiger partial charge in [0.15, 0.2) is 0 Å². The van der Waals surface area contributed by atoms with E-state index in [1.54, 1.807) is 12.5 Å². The molecule has 1 aromatic heterocycles. The first-order valence-corrected chi connectivity index (χ1v) is 10.3. The average Bonchev–Trinajstić information content (AvgIpc) is 3.14. The van der Waals surface area contributed by atoms with Gasteiger partial charge >= 0.3 is 0 Å². The van der Waals surface area contributed by atoms with Gasteiger partial charge in [0.1, 0.15) is 5.75 Å². The van der Waals surface area contributed by atoms with Crippen molar-refractivity contribution in [1.29, 1.82) is 0 Å². The molecule has 2 aromatic rings. The van der Waals surface area contributed by atoms with Crippen LogP contribution in [0.4, 0.5) is 0 Å². The van der Waals surface area contributed by atoms with Crippen molar-refractivity contribution in [3.63, 3.8) is 0 Å². The lowest BCUT2D eigenvalue weighted by Crippen LogP contribution is -2.38. The maximum absolute atomic E-state index is 12.6. The SMILES string of the molecule is CCOc1ccc(S(=O)(=O)N(C)CC(=O)NCCCn2ccnc2)cc1Cl. The van der Waals surface area contributed by atoms with E-state index in [1.165, 1.54) is 25.2 Å². The number of hydrogen-bond donors (Lipinski definition) is 1. The molecule has 10 heteroatoms. The van der Waals surface area contributed by atoms with E-state index >= 15 is 0 Å². The van der Waals surface area contributed by atoms with Gasteiger partial charge in [-0.3, -0.25) is 4.79 Å². The van der Waals surface area contributed by atoms with Crippen LogP contribution in [0.5, 0.6) is 5.75 Å². The molecule has 0 bridgehead atoms. The van der Waals surface area contributed by atoms with Crippen molar-refractivity contribution < 1.29 is 17.9 Å². The molecule has 1 N–H and O–H groups in total. The fraction of sp³-hybridized carbons (Fsp3) is 0.412. The van der Waals surface area contributed by atoms with Gasteiger partial charge in [0.25, 0.3) is 0 Å². The van der Waals surface area contributed by atoms with Crippen molar-refractivity contribution in [3.8, 4) is 5.75 Å². The van der Waals surface area contributed by atoms with Gasteiger partial charge in [-0.1, -0.05) is 11.6 Å². The largest absolute Gasteiger partial charge is 0.492 e. The molecule has 0 atom stereocenters. The van der Waals surface area contributed by atoms with Crippen LogP contribution in [-0.2, 0) is 21.4 Å². The third-order valence-corrected chi connectivity index (χ3v) is 5.85. The minimum atomic E-state index is -3.83. The van der Waals surface area contributed by atoms with Crippen LogP contribution in [0.15, 0.2) is 41.8 Å². The molecule has 1 heterocycles. The van der Waals surface area contributed by atoms with E-state index in [9.17, 15) is 13.2 Å². The number of hydrogen-bond acceptors (Lipinski definition) is 5. The minimum Gasteiger partial charge on any atom is -0.492 e. The van der Waals surface area contributed by atoms with Gasteiger partial charge in [-0.05, 0) is 31.5 Å². The minimum absolute atomic E-state index is 0.00589. The number of carbonyl (C=O) groups is 1. The van der Waals surface area contributed by atoms with E-state index < -0.39 is 10.0 Å². The number of amides is 1. The molecule has 0 aliphatic heterocycles. The first-order valence-electron chi connectivity index (χ1n) is 8.45. The van der Waals surface area contributed by atoms with Gasteiger partial charge in [0.2, 0.25) is 15.9 Å². The number of nitrogens with one attached hydrogen (secondary N) is 1. The van der Waals surface area contributed by atoms with Crippen LogP contribution in [-0.4, -0.2) is 54.9 Å². The zero-order valence-electron chi connectivity index (χ0n) is 15.3. The highest BCUT2D eigenvalue weighted by atomic mass is 35.5. The second kappa shape index (κ2) is 9.72. The molecule has 0 saturated heterocycles. The molecule has 27 heavy (non-hydrogen) atoms. The van der Waals surface area contributed by atoms with Crippen LogP contribution >= 0.6 is 11.6 Å². The van der Waals surface area contributed by atoms with Crippen molar-refractivity contribution in [1.82, 2.24) is 19.2 Å². The van der Waals surface area contributed by atoms with Crippen LogP contribution in [0.1, 0.15) is 13.3 Å². The molecule has 0 fully saturated rings. The number of halogens is 1. The Labute approximate surface area is 164 Å². The Balaban J connectivity index is 1.88. The van der Waals surface area contributed by atoms with E-state index in [0.717, 1.165) is 10.8 Å². The maximum atomic E-state index is 12.6. The fourth-order valence-electron chi connectivity index (χ4n) is 2.35. The zero-order valence-corrected chi connectivity index (χ0v) is 16.8. The molecule has 1 aromatic carbocycles. The van der Waals surface area contributed by atoms with Crippen molar-refractivity contribution in [2.75, 3.05) is 26.7 Å². The molecule has 0 spiro atoms. The Morgan fingerprint density at radius 3 is 2.81 bits per heavy atom. The van der Waals surface area contributed by atoms with Crippen LogP contribution < -0.4 is 10.1 Å². The van der Waals surface area contributed by atoms with Crippen molar-refractivity contribution >= 4 is 27.5 Å². The topological polar surface area (TPSA) is 93.5 Å². The van der Waals surface area contributed by atoms with Crippen LogP contribution in [0.25, 0.3) is 0 Å². The Hall–Kier alpha value is -2.10. The highest BCUT2D eigenvalue weighted by molar-refractivity contribution is 7.89. The molecular weight excluding hydrogens is 392 g/mol. The molecule has 1 amide bonds. The summed E-state index contributed by atoms with van der Waals surface area (Å²) >= 11 is 6.06. The van der Waals surface area contributed by atoms with E-state index in [2.05, 4.69) is 10.3 Å². The van der Waals surface area contributed by atoms with E-state index in [4.69, 9.17) is 16.3 Å². The third-order valence-electron chi connectivity index (χ3n) is 3.75. The normalized spacial score (nSPS) is 11.6. The fourth-order valence-corrected chi connectivity index (χ4v) is 3.80. The zero-order chi connectivity index (χ0) is 19.9. The number of likely N-dealkylation sites (N-methyl/N-ethyl adjacent to an activating group) is 1. The molecule has 0 aliphatic carbocycles. The van der Waals surface area contributed by atoms with Crippen LogP contribution in [0.3, 0.4) is 0 Å². The van der Waals surface area contributed by atoms with E-state index in [1.807, 2.05) is 17.7 Å². The molecule has 0 radical (unpaired) electrons. The van der Waals surface area contributed by atoms with E-state index in [-0.39, 0.29) is 22.4 Å². The number of carbonyl (C=O) groups excluding carboxylic acids is 1. The molecule has 8 nitrogen and oxygen atoms in total. The Morgan fingerprint density at radius 1 is 1.41 bits per heavy atom. The van der Waals surface area contributed by atoms with Gasteiger partial charge < -0.3 is 14.6 Å². The van der Waals surface area contributed by atoms with Gasteiger partial charge in [-0.25, -0.2) is 13.4 Å². The molecule has 0 unspecified atom stereocenters. The van der Waals surface area contributed by atoms with Gasteiger partial charge in [0.05, 0.1) is 29.4 Å². The lowest BCUT2D eigenvalue weighted by molar-refractivity contribution is -0.121. The van der Waals surface area contributed by atoms with E-state index in [0.29, 0.717) is 25.3 Å². The predicted molar refractivity (Wildman–Crippen MR) is 102 cm³/mol. The Bertz CT molecular complexity index is 856. The standard InChI is InChI=1S/C17H23ClN4O4S/c1-3-26-16-6-5-14(11-15(16)18)27(24,25)21(2)12-17(23)20-7-4-9-22-10-8-19-13-22/h5-6,8,10-11,13H,3-4,7,9,12H2,1-2H3,(H,20,23). The second-order valence-corrected chi connectivity index (χ2v) is 8.24. The maximum Gasteiger partial charge on any atom is 0.243 e. The summed E-state index contributed by atoms with van der Waals surface area (Å²) in [6.07, 6.45) is 5.94. The number of imidazole rings is 1. The van der Waals surface area contributed by atoms with Crippen molar-refractivity contribution in [2.45, 2.75) is 24.8 Å². The van der Waals surface area contributed by atoms with Gasteiger partial charge in [-0.15, -0.1) is 0 Å². The van der Waals surface area contributed by atoms with Crippen LogP contribution in [0, 0.1) is 0 Å². The number of sulfonamides is 1. The quantitative estimate of drug-likeness (QED) is 0.598. The lowest BCUT2D eigenvalue weighted by Gasteiger charge is -2.17. The Morgan fingerprint density at radius 2 is 2.19 bits per heavy atom. The van der Waals surface area contributed by atoms with Gasteiger partial charge in [0, 0.05) is 32.5 Å². The average molecular weight is 415 g/mol. The summed E-state index contributed by atoms with van der Waals surface area (Å²) in [6, 6.07) is 4.23. The number of benzene rings is 1. The summed E-state index contributed by atoms with van der Waals surface area (Å²) in [4.78, 5) is 16.0. The summed E-state index contributed by atoms with van der Waals surface area (Å²) in [7, 11) is -2.48. The third kappa shape index (κ3) is 5.95. The number of aromatic nitrogens is 2. The first kappa shape index (κ1) is 21.2. The molecule has 148 valence electrons. The summed E-state index contributed by atoms with van der Waals surface area (Å²) in [5.74, 6) is 0.0418. The molecule has 0 saturated carbocycles. The highest BCUT2D eigenvalue weighted by Gasteiger charge is 2.23. The Kier molecular flexibility index (Phi) is 7.64. The second-order valence-electron chi connectivity index (χ2n) is 5.79. The molecule has 2 rings (SSSR count). The van der Waals surface area contributed by atoms with Gasteiger partial charge in [-0.2, -0.15) is 4.31 Å². The first-order chi connectivity index (χ1) is 12.8. The van der Waals surface area contributed by atoms with Crippen molar-refractivity contribution in [3.05, 3.63) is 41.9 Å². The molecular formula is C17H23ClN4O4S.